The predicted molar refractivity (Wildman–Crippen MR) is 146 cm³/mol. The first kappa shape index (κ1) is 25.3. The van der Waals surface area contributed by atoms with Gasteiger partial charge in [-0.05, 0) is 49.2 Å². The molecule has 1 aromatic heterocycles. The van der Waals surface area contributed by atoms with Gasteiger partial charge in [-0.2, -0.15) is 0 Å². The second-order valence-electron chi connectivity index (χ2n) is 8.91. The number of ether oxygens (including phenoxy) is 3. The van der Waals surface area contributed by atoms with Crippen LogP contribution in [0.15, 0.2) is 60.2 Å². The van der Waals surface area contributed by atoms with Crippen LogP contribution in [0.25, 0.3) is 16.0 Å². The van der Waals surface area contributed by atoms with Gasteiger partial charge in [0.15, 0.2) is 16.6 Å². The molecule has 0 spiro atoms. The molecule has 8 nitrogen and oxygen atoms in total. The summed E-state index contributed by atoms with van der Waals surface area (Å²) in [6.07, 6.45) is 0. The van der Waals surface area contributed by atoms with Gasteiger partial charge in [-0.1, -0.05) is 41.7 Å². The molecule has 1 aliphatic rings. The fourth-order valence-electron chi connectivity index (χ4n) is 4.84. The highest BCUT2D eigenvalue weighted by Gasteiger charge is 2.49. The quantitative estimate of drug-likeness (QED) is 0.198. The van der Waals surface area contributed by atoms with Crippen LogP contribution in [-0.4, -0.2) is 43.1 Å². The van der Waals surface area contributed by atoms with Gasteiger partial charge in [-0.25, -0.2) is 4.98 Å². The summed E-state index contributed by atoms with van der Waals surface area (Å²) in [6, 6.07) is 14.9. The van der Waals surface area contributed by atoms with Gasteiger partial charge in [0.25, 0.3) is 5.78 Å². The Morgan fingerprint density at radius 3 is 2.45 bits per heavy atom. The molecule has 0 bridgehead atoms. The fraction of sp³-hybridized carbons (Fsp3) is 0.207. The van der Waals surface area contributed by atoms with Crippen molar-refractivity contribution < 1.29 is 28.9 Å². The molecule has 0 unspecified atom stereocenters. The van der Waals surface area contributed by atoms with Crippen LogP contribution in [0.2, 0.25) is 0 Å². The second kappa shape index (κ2) is 9.83. The summed E-state index contributed by atoms with van der Waals surface area (Å²) in [6.45, 7) is 3.95. The van der Waals surface area contributed by atoms with E-state index in [0.717, 1.165) is 21.3 Å². The van der Waals surface area contributed by atoms with E-state index in [2.05, 4.69) is 0 Å². The van der Waals surface area contributed by atoms with E-state index in [0.29, 0.717) is 33.5 Å². The first-order chi connectivity index (χ1) is 18.3. The van der Waals surface area contributed by atoms with Gasteiger partial charge in [0.1, 0.15) is 17.6 Å². The van der Waals surface area contributed by atoms with Crippen molar-refractivity contribution in [2.24, 2.45) is 0 Å². The third-order valence-corrected chi connectivity index (χ3v) is 7.54. The second-order valence-corrected chi connectivity index (χ2v) is 9.92. The number of hydrogen-bond acceptors (Lipinski definition) is 8. The summed E-state index contributed by atoms with van der Waals surface area (Å²) in [4.78, 5) is 33.3. The standard InChI is InChI=1S/C29H26N2O6S/c1-15-12-16(2)23-21(13-15)38-29(30-23)31-24(19-10-7-11-20(36-4)27(19)37-5)22(26(33)28(31)34)25(32)17-8-6-9-18(14-17)35-3/h6-14,24,32H,1-5H3/b25-22+/t24-/m0/s1. The number of anilines is 1. The van der Waals surface area contributed by atoms with Crippen LogP contribution in [-0.2, 0) is 9.59 Å². The van der Waals surface area contributed by atoms with E-state index in [-0.39, 0.29) is 11.3 Å². The number of aliphatic hydroxyl groups excluding tert-OH is 1. The van der Waals surface area contributed by atoms with Gasteiger partial charge < -0.3 is 19.3 Å². The molecule has 1 atom stereocenters. The maximum absolute atomic E-state index is 13.6. The molecule has 194 valence electrons. The number of methoxy groups -OCH3 is 3. The van der Waals surface area contributed by atoms with E-state index in [1.165, 1.54) is 37.6 Å². The molecule has 1 amide bonds. The number of fused-ring (bicyclic) bond motifs is 1. The van der Waals surface area contributed by atoms with E-state index < -0.39 is 17.7 Å². The summed E-state index contributed by atoms with van der Waals surface area (Å²) >= 11 is 1.31. The fourth-order valence-corrected chi connectivity index (χ4v) is 6.01. The largest absolute Gasteiger partial charge is 0.507 e. The maximum atomic E-state index is 13.6. The number of aryl methyl sites for hydroxylation is 2. The Morgan fingerprint density at radius 1 is 0.974 bits per heavy atom. The molecule has 38 heavy (non-hydrogen) atoms. The third-order valence-electron chi connectivity index (χ3n) is 6.54. The highest BCUT2D eigenvalue weighted by Crippen LogP contribution is 2.48. The van der Waals surface area contributed by atoms with Crippen LogP contribution in [0.1, 0.15) is 28.3 Å². The molecule has 3 aromatic carbocycles. The zero-order valence-corrected chi connectivity index (χ0v) is 22.4. The number of Topliss-reactive ketones (excluding diaryl/α,β-unsaturated/α-hetero) is 1. The minimum Gasteiger partial charge on any atom is -0.507 e. The molecule has 1 saturated heterocycles. The number of rotatable bonds is 6. The number of hydrogen-bond donors (Lipinski definition) is 1. The van der Waals surface area contributed by atoms with Crippen LogP contribution < -0.4 is 19.1 Å². The molecule has 5 rings (SSSR count). The summed E-state index contributed by atoms with van der Waals surface area (Å²) < 4.78 is 17.4. The summed E-state index contributed by atoms with van der Waals surface area (Å²) in [5.41, 5.74) is 3.51. The Balaban J connectivity index is 1.80. The number of para-hydroxylation sites is 1. The van der Waals surface area contributed by atoms with Crippen molar-refractivity contribution in [3.05, 3.63) is 82.4 Å². The van der Waals surface area contributed by atoms with Gasteiger partial charge in [0.2, 0.25) is 0 Å². The summed E-state index contributed by atoms with van der Waals surface area (Å²) in [5.74, 6) is -0.682. The molecule has 0 aliphatic carbocycles. The third kappa shape index (κ3) is 4.05. The van der Waals surface area contributed by atoms with Gasteiger partial charge >= 0.3 is 5.91 Å². The Bertz CT molecular complexity index is 1620. The number of nitrogens with zero attached hydrogens (tertiary/aromatic N) is 2. The zero-order valence-electron chi connectivity index (χ0n) is 21.6. The van der Waals surface area contributed by atoms with E-state index in [9.17, 15) is 14.7 Å². The average Bonchev–Trinajstić information content (AvgIpc) is 3.46. The molecular formula is C29H26N2O6S. The highest BCUT2D eigenvalue weighted by atomic mass is 32.1. The molecule has 9 heteroatoms. The number of amides is 1. The van der Waals surface area contributed by atoms with Crippen LogP contribution in [0, 0.1) is 13.8 Å². The van der Waals surface area contributed by atoms with Crippen molar-refractivity contribution in [3.63, 3.8) is 0 Å². The number of aliphatic hydroxyl groups is 1. The molecule has 0 saturated carbocycles. The maximum Gasteiger partial charge on any atom is 0.301 e. The normalized spacial score (nSPS) is 16.8. The number of carbonyl (C=O) groups is 2. The van der Waals surface area contributed by atoms with Crippen molar-refractivity contribution in [3.8, 4) is 17.2 Å². The summed E-state index contributed by atoms with van der Waals surface area (Å²) in [7, 11) is 4.50. The molecule has 1 aliphatic heterocycles. The van der Waals surface area contributed by atoms with E-state index in [4.69, 9.17) is 19.2 Å². The van der Waals surface area contributed by atoms with Gasteiger partial charge in [0.05, 0.1) is 37.1 Å². The van der Waals surface area contributed by atoms with Crippen LogP contribution in [0.3, 0.4) is 0 Å². The molecule has 1 fully saturated rings. The Hall–Kier alpha value is -4.37. The molecule has 4 aromatic rings. The monoisotopic (exact) mass is 530 g/mol. The topological polar surface area (TPSA) is 98.2 Å². The van der Waals surface area contributed by atoms with Crippen molar-refractivity contribution in [1.29, 1.82) is 0 Å². The van der Waals surface area contributed by atoms with Crippen molar-refractivity contribution >= 4 is 44.1 Å². The van der Waals surface area contributed by atoms with Crippen molar-refractivity contribution in [2.45, 2.75) is 19.9 Å². The highest BCUT2D eigenvalue weighted by molar-refractivity contribution is 7.22. The van der Waals surface area contributed by atoms with E-state index in [1.807, 2.05) is 26.0 Å². The Labute approximate surface area is 223 Å². The van der Waals surface area contributed by atoms with Crippen LogP contribution >= 0.6 is 11.3 Å². The minimum atomic E-state index is -1.02. The first-order valence-corrected chi connectivity index (χ1v) is 12.6. The Kier molecular flexibility index (Phi) is 6.54. The lowest BCUT2D eigenvalue weighted by Gasteiger charge is -2.25. The smallest absolute Gasteiger partial charge is 0.301 e. The molecular weight excluding hydrogens is 504 g/mol. The van der Waals surface area contributed by atoms with Crippen LogP contribution in [0.4, 0.5) is 5.13 Å². The van der Waals surface area contributed by atoms with Gasteiger partial charge in [0, 0.05) is 11.1 Å². The number of thiazole rings is 1. The predicted octanol–water partition coefficient (Wildman–Crippen LogP) is 5.57. The van der Waals surface area contributed by atoms with E-state index in [1.54, 1.807) is 42.5 Å². The van der Waals surface area contributed by atoms with Gasteiger partial charge in [-0.15, -0.1) is 0 Å². The molecule has 1 N–H and O–H groups in total. The number of aromatic nitrogens is 1. The number of benzene rings is 3. The summed E-state index contributed by atoms with van der Waals surface area (Å²) in [5, 5.41) is 11.8. The molecule has 0 radical (unpaired) electrons. The minimum absolute atomic E-state index is 0.0815. The average molecular weight is 531 g/mol. The van der Waals surface area contributed by atoms with Crippen molar-refractivity contribution in [2.75, 3.05) is 26.2 Å². The Morgan fingerprint density at radius 2 is 1.74 bits per heavy atom. The van der Waals surface area contributed by atoms with E-state index >= 15 is 0 Å². The molecule has 2 heterocycles. The van der Waals surface area contributed by atoms with Crippen molar-refractivity contribution in [1.82, 2.24) is 4.98 Å². The number of carbonyl (C=O) groups excluding carboxylic acids is 2. The SMILES string of the molecule is COc1cccc(/C(O)=C2\C(=O)C(=O)N(c3nc4c(C)cc(C)cc4s3)[C@H]2c2cccc(OC)c2OC)c1. The zero-order chi connectivity index (χ0) is 27.1. The lowest BCUT2D eigenvalue weighted by Crippen LogP contribution is -2.29. The number of ketones is 1. The lowest BCUT2D eigenvalue weighted by molar-refractivity contribution is -0.132. The van der Waals surface area contributed by atoms with Crippen LogP contribution in [0.5, 0.6) is 17.2 Å². The van der Waals surface area contributed by atoms with Gasteiger partial charge in [-0.3, -0.25) is 14.5 Å². The first-order valence-electron chi connectivity index (χ1n) is 11.8. The lowest BCUT2D eigenvalue weighted by atomic mass is 9.94.